The van der Waals surface area contributed by atoms with Crippen LogP contribution in [-0.2, 0) is 17.8 Å². The van der Waals surface area contributed by atoms with Crippen LogP contribution >= 0.6 is 39.1 Å². The van der Waals surface area contributed by atoms with Gasteiger partial charge in [0.05, 0.1) is 24.3 Å². The number of benzene rings is 3. The molecule has 166 valence electrons. The van der Waals surface area contributed by atoms with Crippen molar-refractivity contribution < 1.29 is 14.3 Å². The second-order valence-electron chi connectivity index (χ2n) is 6.74. The Morgan fingerprint density at radius 3 is 2.53 bits per heavy atom. The third-order valence-corrected chi connectivity index (χ3v) is 5.52. The highest BCUT2D eigenvalue weighted by Crippen LogP contribution is 2.37. The number of ether oxygens (including phenoxy) is 2. The molecule has 0 radical (unpaired) electrons. The van der Waals surface area contributed by atoms with E-state index in [-0.39, 0.29) is 18.9 Å². The summed E-state index contributed by atoms with van der Waals surface area (Å²) < 4.78 is 12.6. The lowest BCUT2D eigenvalue weighted by atomic mass is 10.1. The van der Waals surface area contributed by atoms with Crippen molar-refractivity contribution in [3.05, 3.63) is 91.9 Å². The minimum Gasteiger partial charge on any atom is -0.490 e. The highest BCUT2D eigenvalue weighted by molar-refractivity contribution is 9.10. The molecule has 0 spiro atoms. The molecule has 0 heterocycles. The van der Waals surface area contributed by atoms with E-state index in [4.69, 9.17) is 32.7 Å². The molecule has 0 unspecified atom stereocenters. The highest BCUT2D eigenvalue weighted by Gasteiger charge is 2.13. The Morgan fingerprint density at radius 2 is 1.81 bits per heavy atom. The summed E-state index contributed by atoms with van der Waals surface area (Å²) in [4.78, 5) is 12.1. The monoisotopic (exact) mass is 534 g/mol. The van der Waals surface area contributed by atoms with Gasteiger partial charge in [0.2, 0.25) is 5.91 Å². The maximum atomic E-state index is 12.1. The minimum absolute atomic E-state index is 0.223. The Morgan fingerprint density at radius 1 is 1.06 bits per heavy atom. The Balaban J connectivity index is 1.67. The second kappa shape index (κ2) is 11.9. The van der Waals surface area contributed by atoms with Gasteiger partial charge in [0.15, 0.2) is 11.5 Å². The number of hydrogen-bond donors (Lipinski definition) is 1. The summed E-state index contributed by atoms with van der Waals surface area (Å²) >= 11 is 16.0. The van der Waals surface area contributed by atoms with Crippen molar-refractivity contribution in [2.45, 2.75) is 20.0 Å². The zero-order valence-corrected chi connectivity index (χ0v) is 20.4. The van der Waals surface area contributed by atoms with Gasteiger partial charge in [-0.15, -0.1) is 0 Å². The molecule has 0 saturated heterocycles. The first-order valence-corrected chi connectivity index (χ1v) is 11.4. The average molecular weight is 536 g/mol. The fourth-order valence-electron chi connectivity index (χ4n) is 2.84. The van der Waals surface area contributed by atoms with E-state index < -0.39 is 0 Å². The summed E-state index contributed by atoms with van der Waals surface area (Å²) in [7, 11) is 0. The largest absolute Gasteiger partial charge is 0.490 e. The predicted octanol–water partition coefficient (Wildman–Crippen LogP) is 6.43. The van der Waals surface area contributed by atoms with Gasteiger partial charge in [-0.2, -0.15) is 5.10 Å². The number of nitrogens with zero attached hydrogens (tertiary/aromatic N) is 1. The minimum atomic E-state index is -0.223. The molecule has 0 bridgehead atoms. The third-order valence-electron chi connectivity index (χ3n) is 4.34. The van der Waals surface area contributed by atoms with Crippen molar-refractivity contribution in [3.8, 4) is 11.5 Å². The molecule has 1 N–H and O–H groups in total. The number of carbonyl (C=O) groups is 1. The molecule has 0 aromatic heterocycles. The van der Waals surface area contributed by atoms with E-state index in [0.29, 0.717) is 33.7 Å². The number of halogens is 3. The van der Waals surface area contributed by atoms with Crippen LogP contribution in [0.1, 0.15) is 23.6 Å². The first kappa shape index (κ1) is 24.1. The Labute approximate surface area is 205 Å². The maximum absolute atomic E-state index is 12.1. The van der Waals surface area contributed by atoms with Gasteiger partial charge in [0.1, 0.15) is 6.61 Å². The second-order valence-corrected chi connectivity index (χ2v) is 8.47. The molecule has 0 fully saturated rings. The quantitative estimate of drug-likeness (QED) is 0.254. The van der Waals surface area contributed by atoms with E-state index in [1.807, 2.05) is 49.4 Å². The topological polar surface area (TPSA) is 59.9 Å². The molecule has 8 heteroatoms. The van der Waals surface area contributed by atoms with Crippen LogP contribution in [0.5, 0.6) is 11.5 Å². The van der Waals surface area contributed by atoms with Crippen LogP contribution in [0.3, 0.4) is 0 Å². The number of amides is 1. The summed E-state index contributed by atoms with van der Waals surface area (Å²) in [6.45, 7) is 2.55. The van der Waals surface area contributed by atoms with E-state index in [1.165, 1.54) is 6.21 Å². The Hall–Kier alpha value is -2.54. The molecule has 3 aromatic carbocycles. The van der Waals surface area contributed by atoms with Crippen LogP contribution < -0.4 is 14.9 Å². The summed E-state index contributed by atoms with van der Waals surface area (Å²) in [6.07, 6.45) is 1.73. The number of rotatable bonds is 9. The normalized spacial score (nSPS) is 10.9. The molecule has 5 nitrogen and oxygen atoms in total. The van der Waals surface area contributed by atoms with Crippen molar-refractivity contribution >= 4 is 51.3 Å². The van der Waals surface area contributed by atoms with Crippen LogP contribution in [0.2, 0.25) is 10.0 Å². The van der Waals surface area contributed by atoms with E-state index in [9.17, 15) is 4.79 Å². The third kappa shape index (κ3) is 6.99. The number of hydrazone groups is 1. The maximum Gasteiger partial charge on any atom is 0.244 e. The van der Waals surface area contributed by atoms with Crippen molar-refractivity contribution in [1.82, 2.24) is 5.43 Å². The van der Waals surface area contributed by atoms with E-state index >= 15 is 0 Å². The van der Waals surface area contributed by atoms with Gasteiger partial charge in [0, 0.05) is 15.1 Å². The fourth-order valence-corrected chi connectivity index (χ4v) is 3.57. The molecular weight excluding hydrogens is 515 g/mol. The first-order valence-electron chi connectivity index (χ1n) is 9.85. The fraction of sp³-hybridized carbons (Fsp3) is 0.167. The molecule has 0 saturated carbocycles. The molecule has 3 rings (SSSR count). The number of carbonyl (C=O) groups excluding carboxylic acids is 1. The summed E-state index contributed by atoms with van der Waals surface area (Å²) in [5.41, 5.74) is 4.91. The van der Waals surface area contributed by atoms with Gasteiger partial charge in [0.25, 0.3) is 0 Å². The van der Waals surface area contributed by atoms with E-state index in [2.05, 4.69) is 26.5 Å². The van der Waals surface area contributed by atoms with Gasteiger partial charge in [-0.1, -0.05) is 69.5 Å². The van der Waals surface area contributed by atoms with Crippen LogP contribution in [0.25, 0.3) is 0 Å². The summed E-state index contributed by atoms with van der Waals surface area (Å²) in [6, 6.07) is 18.4. The summed E-state index contributed by atoms with van der Waals surface area (Å²) in [5.74, 6) is 0.680. The molecule has 0 aliphatic rings. The van der Waals surface area contributed by atoms with Crippen molar-refractivity contribution in [1.29, 1.82) is 0 Å². The van der Waals surface area contributed by atoms with Crippen molar-refractivity contribution in [3.63, 3.8) is 0 Å². The predicted molar refractivity (Wildman–Crippen MR) is 132 cm³/mol. The molecule has 0 aliphatic heterocycles. The van der Waals surface area contributed by atoms with Crippen molar-refractivity contribution in [2.75, 3.05) is 6.61 Å². The SMILES string of the molecule is CCOc1cc(/C=N/NC(=O)Cc2ccc(Br)cc2)cc(Cl)c1OCc1ccccc1Cl. The molecule has 3 aromatic rings. The lowest BCUT2D eigenvalue weighted by Gasteiger charge is -2.15. The molecular formula is C24H21BrCl2N2O3. The van der Waals surface area contributed by atoms with Gasteiger partial charge in [-0.25, -0.2) is 5.43 Å². The van der Waals surface area contributed by atoms with Gasteiger partial charge >= 0.3 is 0 Å². The van der Waals surface area contributed by atoms with Crippen molar-refractivity contribution in [2.24, 2.45) is 5.10 Å². The lowest BCUT2D eigenvalue weighted by molar-refractivity contribution is -0.120. The zero-order chi connectivity index (χ0) is 22.9. The van der Waals surface area contributed by atoms with E-state index in [0.717, 1.165) is 15.6 Å². The molecule has 0 aliphatic carbocycles. The van der Waals surface area contributed by atoms with Crippen LogP contribution in [0, 0.1) is 0 Å². The Bertz CT molecular complexity index is 1100. The van der Waals surface area contributed by atoms with Crippen LogP contribution in [0.4, 0.5) is 0 Å². The molecule has 0 atom stereocenters. The molecule has 1 amide bonds. The van der Waals surface area contributed by atoms with Gasteiger partial charge in [-0.3, -0.25) is 4.79 Å². The number of nitrogens with one attached hydrogen (secondary N) is 1. The molecule has 32 heavy (non-hydrogen) atoms. The standard InChI is InChI=1S/C24H21BrCl2N2O3/c1-2-31-22-12-17(14-28-29-23(30)13-16-7-9-19(25)10-8-16)11-21(27)24(22)32-15-18-5-3-4-6-20(18)26/h3-12,14H,2,13,15H2,1H3,(H,29,30)/b28-14+. The van der Waals surface area contributed by atoms with Gasteiger partial charge < -0.3 is 9.47 Å². The highest BCUT2D eigenvalue weighted by atomic mass is 79.9. The zero-order valence-electron chi connectivity index (χ0n) is 17.3. The van der Waals surface area contributed by atoms with Crippen LogP contribution in [0.15, 0.2) is 70.2 Å². The van der Waals surface area contributed by atoms with Crippen LogP contribution in [-0.4, -0.2) is 18.7 Å². The van der Waals surface area contributed by atoms with E-state index in [1.54, 1.807) is 18.2 Å². The Kier molecular flexibility index (Phi) is 8.97. The average Bonchev–Trinajstić information content (AvgIpc) is 2.76. The first-order chi connectivity index (χ1) is 15.5. The van der Waals surface area contributed by atoms with Gasteiger partial charge in [-0.05, 0) is 48.4 Å². The summed E-state index contributed by atoms with van der Waals surface area (Å²) in [5, 5.41) is 5.01. The smallest absolute Gasteiger partial charge is 0.244 e. The number of hydrogen-bond acceptors (Lipinski definition) is 4. The lowest BCUT2D eigenvalue weighted by Crippen LogP contribution is -2.19.